The molecule has 3 unspecified atom stereocenters. The molecule has 2 aromatic carbocycles. The summed E-state index contributed by atoms with van der Waals surface area (Å²) in [6, 6.07) is 7.54. The third kappa shape index (κ3) is 5.06. The fourth-order valence-electron chi connectivity index (χ4n) is 4.20. The lowest BCUT2D eigenvalue weighted by Gasteiger charge is -2.39. The molecule has 0 saturated carbocycles. The first-order valence-corrected chi connectivity index (χ1v) is 11.9. The Labute approximate surface area is 217 Å². The average Bonchev–Trinajstić information content (AvgIpc) is 2.90. The van der Waals surface area contributed by atoms with E-state index in [0.29, 0.717) is 11.3 Å². The molecule has 1 aliphatic rings. The highest BCUT2D eigenvalue weighted by Gasteiger charge is 2.45. The van der Waals surface area contributed by atoms with Crippen LogP contribution in [0.15, 0.2) is 51.2 Å². The van der Waals surface area contributed by atoms with Gasteiger partial charge in [0.25, 0.3) is 0 Å². The smallest absolute Gasteiger partial charge is 0.238 e. The zero-order valence-corrected chi connectivity index (χ0v) is 21.0. The number of methoxy groups -OCH3 is 1. The maximum Gasteiger partial charge on any atom is 0.238 e. The molecular formula is C27H30O11. The Morgan fingerprint density at radius 3 is 2.34 bits per heavy atom. The molecule has 4 rings (SSSR count). The molecule has 204 valence electrons. The highest BCUT2D eigenvalue weighted by Crippen LogP contribution is 2.40. The average molecular weight is 531 g/mol. The minimum atomic E-state index is -1.70. The number of allylic oxidation sites excluding steroid dienone is 2. The van der Waals surface area contributed by atoms with E-state index in [0.717, 1.165) is 11.6 Å². The van der Waals surface area contributed by atoms with Crippen molar-refractivity contribution in [2.24, 2.45) is 0 Å². The Kier molecular flexibility index (Phi) is 7.95. The van der Waals surface area contributed by atoms with Crippen LogP contribution in [0.1, 0.15) is 19.4 Å². The Bertz CT molecular complexity index is 1390. The lowest BCUT2D eigenvalue weighted by atomic mass is 9.99. The predicted octanol–water partition coefficient (Wildman–Crippen LogP) is 1.57. The summed E-state index contributed by atoms with van der Waals surface area (Å²) in [6.45, 7) is 3.05. The number of aromatic hydroxyl groups is 2. The van der Waals surface area contributed by atoms with Crippen LogP contribution < -0.4 is 14.9 Å². The van der Waals surface area contributed by atoms with Crippen LogP contribution >= 0.6 is 0 Å². The Hall–Kier alpha value is -3.61. The molecule has 6 N–H and O–H groups in total. The molecule has 11 heteroatoms. The van der Waals surface area contributed by atoms with Crippen molar-refractivity contribution in [3.05, 3.63) is 57.8 Å². The molecule has 2 heterocycles. The Balaban J connectivity index is 1.90. The number of rotatable bonds is 7. The normalized spacial score (nSPS) is 23.3. The van der Waals surface area contributed by atoms with Crippen molar-refractivity contribution in [2.75, 3.05) is 13.7 Å². The summed E-state index contributed by atoms with van der Waals surface area (Å²) >= 11 is 0. The van der Waals surface area contributed by atoms with Crippen molar-refractivity contribution < 1.29 is 49.3 Å². The fraction of sp³-hybridized carbons (Fsp3) is 0.370. The molecule has 38 heavy (non-hydrogen) atoms. The van der Waals surface area contributed by atoms with Gasteiger partial charge in [-0.2, -0.15) is 0 Å². The van der Waals surface area contributed by atoms with Crippen LogP contribution in [0.4, 0.5) is 0 Å². The van der Waals surface area contributed by atoms with Gasteiger partial charge in [0, 0.05) is 17.2 Å². The Morgan fingerprint density at radius 1 is 1.05 bits per heavy atom. The molecule has 0 bridgehead atoms. The monoisotopic (exact) mass is 530 g/mol. The van der Waals surface area contributed by atoms with E-state index in [1.54, 1.807) is 24.3 Å². The van der Waals surface area contributed by atoms with Crippen molar-refractivity contribution in [2.45, 2.75) is 51.0 Å². The number of aliphatic hydroxyl groups excluding tert-OH is 4. The van der Waals surface area contributed by atoms with E-state index in [9.17, 15) is 35.4 Å². The van der Waals surface area contributed by atoms with E-state index in [1.807, 2.05) is 19.9 Å². The topological polar surface area (TPSA) is 179 Å². The van der Waals surface area contributed by atoms with E-state index in [-0.39, 0.29) is 34.5 Å². The minimum absolute atomic E-state index is 0.0497. The number of aliphatic hydroxyl groups is 4. The third-order valence-corrected chi connectivity index (χ3v) is 6.34. The third-order valence-electron chi connectivity index (χ3n) is 6.34. The second kappa shape index (κ2) is 11.0. The van der Waals surface area contributed by atoms with Gasteiger partial charge in [-0.25, -0.2) is 0 Å². The van der Waals surface area contributed by atoms with E-state index in [1.165, 1.54) is 7.11 Å². The van der Waals surface area contributed by atoms with Crippen LogP contribution in [0.25, 0.3) is 22.3 Å². The molecule has 5 atom stereocenters. The lowest BCUT2D eigenvalue weighted by molar-refractivity contribution is -0.277. The van der Waals surface area contributed by atoms with Gasteiger partial charge in [-0.15, -0.1) is 0 Å². The van der Waals surface area contributed by atoms with E-state index < -0.39 is 54.2 Å². The maximum absolute atomic E-state index is 13.2. The molecule has 0 spiro atoms. The van der Waals surface area contributed by atoms with E-state index in [2.05, 4.69) is 0 Å². The molecule has 0 radical (unpaired) electrons. The summed E-state index contributed by atoms with van der Waals surface area (Å²) in [5.74, 6) is -0.910. The van der Waals surface area contributed by atoms with Crippen LogP contribution in [0.2, 0.25) is 0 Å². The highest BCUT2D eigenvalue weighted by molar-refractivity contribution is 5.91. The van der Waals surface area contributed by atoms with Gasteiger partial charge < -0.3 is 49.3 Å². The molecule has 0 aliphatic carbocycles. The molecule has 0 amide bonds. The first kappa shape index (κ1) is 27.4. The van der Waals surface area contributed by atoms with Crippen molar-refractivity contribution in [3.63, 3.8) is 0 Å². The summed E-state index contributed by atoms with van der Waals surface area (Å²) in [5.41, 5.74) is 0.627. The van der Waals surface area contributed by atoms with Crippen molar-refractivity contribution >= 4 is 11.0 Å². The number of hydrogen-bond donors (Lipinski definition) is 6. The number of ether oxygens (including phenoxy) is 3. The van der Waals surface area contributed by atoms with Crippen molar-refractivity contribution in [1.29, 1.82) is 0 Å². The van der Waals surface area contributed by atoms with Crippen LogP contribution in [0.5, 0.6) is 23.0 Å². The van der Waals surface area contributed by atoms with Crippen LogP contribution in [-0.4, -0.2) is 75.1 Å². The first-order chi connectivity index (χ1) is 18.1. The van der Waals surface area contributed by atoms with Crippen LogP contribution in [0.3, 0.4) is 0 Å². The number of phenolic OH excluding ortho intramolecular Hbond substituents is 1. The molecule has 1 fully saturated rings. The van der Waals surface area contributed by atoms with Crippen LogP contribution in [0, 0.1) is 0 Å². The molecule has 1 saturated heterocycles. The van der Waals surface area contributed by atoms with Gasteiger partial charge in [-0.3, -0.25) is 4.79 Å². The number of hydrogen-bond acceptors (Lipinski definition) is 11. The van der Waals surface area contributed by atoms with E-state index in [4.69, 9.17) is 18.6 Å². The fourth-order valence-corrected chi connectivity index (χ4v) is 4.20. The number of phenols is 1. The molecular weight excluding hydrogens is 500 g/mol. The number of fused-ring (bicyclic) bond motifs is 1. The SMILES string of the molecule is COc1ccc(-c2oc3c(CC=C(C)C)c(O[C@@H]4OC(CO)[C@@H](O)C(O)C4O)cc(O)c3c(=O)c2O)cc1. The summed E-state index contributed by atoms with van der Waals surface area (Å²) in [4.78, 5) is 13.2. The zero-order chi connectivity index (χ0) is 27.7. The standard InChI is InChI=1S/C27H30O11/c1-12(2)4-9-15-17(36-27-24(34)22(32)20(30)18(11-28)37-27)10-16(29)19-21(31)23(33)25(38-26(15)19)13-5-7-14(35-3)8-6-13/h4-8,10,18,20,22,24,27-30,32-34H,9,11H2,1-3H3/t18?,20-,22?,24?,27-/m1/s1. The van der Waals surface area contributed by atoms with Gasteiger partial charge in [0.2, 0.25) is 17.5 Å². The van der Waals surface area contributed by atoms with Gasteiger partial charge in [0.15, 0.2) is 5.76 Å². The number of benzene rings is 2. The van der Waals surface area contributed by atoms with Gasteiger partial charge in [-0.05, 0) is 44.5 Å². The Morgan fingerprint density at radius 2 is 1.74 bits per heavy atom. The van der Waals surface area contributed by atoms with Gasteiger partial charge >= 0.3 is 0 Å². The molecule has 11 nitrogen and oxygen atoms in total. The molecule has 1 aromatic heterocycles. The van der Waals surface area contributed by atoms with Gasteiger partial charge in [0.05, 0.1) is 13.7 Å². The van der Waals surface area contributed by atoms with Gasteiger partial charge in [0.1, 0.15) is 52.6 Å². The quantitative estimate of drug-likeness (QED) is 0.244. The van der Waals surface area contributed by atoms with Gasteiger partial charge in [-0.1, -0.05) is 11.6 Å². The summed E-state index contributed by atoms with van der Waals surface area (Å²) in [5, 5.41) is 61.3. The van der Waals surface area contributed by atoms with Crippen molar-refractivity contribution in [1.82, 2.24) is 0 Å². The van der Waals surface area contributed by atoms with Crippen molar-refractivity contribution in [3.8, 4) is 34.3 Å². The largest absolute Gasteiger partial charge is 0.507 e. The first-order valence-electron chi connectivity index (χ1n) is 11.9. The van der Waals surface area contributed by atoms with Crippen LogP contribution in [-0.2, 0) is 11.2 Å². The second-order valence-corrected chi connectivity index (χ2v) is 9.21. The molecule has 3 aromatic rings. The lowest BCUT2D eigenvalue weighted by Crippen LogP contribution is -2.60. The maximum atomic E-state index is 13.2. The summed E-state index contributed by atoms with van der Waals surface area (Å²) in [7, 11) is 1.50. The molecule has 1 aliphatic heterocycles. The predicted molar refractivity (Wildman–Crippen MR) is 135 cm³/mol. The summed E-state index contributed by atoms with van der Waals surface area (Å²) < 4.78 is 22.5. The second-order valence-electron chi connectivity index (χ2n) is 9.21. The minimum Gasteiger partial charge on any atom is -0.507 e. The summed E-state index contributed by atoms with van der Waals surface area (Å²) in [6.07, 6.45) is -5.77. The highest BCUT2D eigenvalue weighted by atomic mass is 16.7. The van der Waals surface area contributed by atoms with E-state index >= 15 is 0 Å². The zero-order valence-electron chi connectivity index (χ0n) is 21.0.